The van der Waals surface area contributed by atoms with E-state index >= 15 is 0 Å². The number of piperidine rings is 1. The summed E-state index contributed by atoms with van der Waals surface area (Å²) < 4.78 is 12.0. The highest BCUT2D eigenvalue weighted by Gasteiger charge is 2.33. The smallest absolute Gasteiger partial charge is 0.339 e. The molecule has 1 amide bonds. The Morgan fingerprint density at radius 3 is 2.79 bits per heavy atom. The first-order chi connectivity index (χ1) is 16.4. The van der Waals surface area contributed by atoms with Gasteiger partial charge in [-0.15, -0.1) is 0 Å². The summed E-state index contributed by atoms with van der Waals surface area (Å²) in [5.74, 6) is -0.442. The second kappa shape index (κ2) is 10.7. The third kappa shape index (κ3) is 5.03. The number of ether oxygens (including phenoxy) is 2. The Bertz CT molecular complexity index is 1180. The third-order valence-corrected chi connectivity index (χ3v) is 7.20. The van der Waals surface area contributed by atoms with Crippen LogP contribution in [0.3, 0.4) is 0 Å². The molecule has 0 spiro atoms. The monoisotopic (exact) mass is 505 g/mol. The van der Waals surface area contributed by atoms with Gasteiger partial charge in [-0.2, -0.15) is 0 Å². The van der Waals surface area contributed by atoms with Crippen LogP contribution in [0.2, 0.25) is 5.15 Å². The highest BCUT2D eigenvalue weighted by atomic mass is 35.5. The minimum Gasteiger partial charge on any atom is -0.462 e. The van der Waals surface area contributed by atoms with Crippen LogP contribution in [0.15, 0.2) is 18.2 Å². The number of carbonyl (C=O) groups is 2. The topological polar surface area (TPSA) is 109 Å². The number of thiazole rings is 1. The van der Waals surface area contributed by atoms with Crippen LogP contribution in [0.5, 0.6) is 0 Å². The molecule has 2 aromatic heterocycles. The number of anilines is 1. The molecule has 1 aromatic carbocycles. The summed E-state index contributed by atoms with van der Waals surface area (Å²) >= 11 is 7.56. The molecule has 4 rings (SSSR count). The predicted molar refractivity (Wildman–Crippen MR) is 132 cm³/mol. The van der Waals surface area contributed by atoms with Crippen molar-refractivity contribution in [1.82, 2.24) is 20.3 Å². The van der Waals surface area contributed by atoms with Crippen LogP contribution in [0.4, 0.5) is 5.13 Å². The number of aryl methyl sites for hydroxylation is 1. The number of hydrogen-bond donors (Lipinski definition) is 2. The summed E-state index contributed by atoms with van der Waals surface area (Å²) in [6.07, 6.45) is 1.11. The zero-order chi connectivity index (χ0) is 24.2. The van der Waals surface area contributed by atoms with Gasteiger partial charge in [0.05, 0.1) is 40.2 Å². The lowest BCUT2D eigenvalue weighted by molar-refractivity contribution is 0.0272. The van der Waals surface area contributed by atoms with Gasteiger partial charge in [0.2, 0.25) is 0 Å². The molecular weight excluding hydrogens is 478 g/mol. The largest absolute Gasteiger partial charge is 0.462 e. The molecule has 2 N–H and O–H groups in total. The number of imidazole rings is 1. The number of benzene rings is 1. The number of nitrogens with zero attached hydrogens (tertiary/aromatic N) is 3. The number of hydrogen-bond acceptors (Lipinski definition) is 8. The molecule has 3 aromatic rings. The van der Waals surface area contributed by atoms with Gasteiger partial charge >= 0.3 is 5.97 Å². The number of aromatic amines is 1. The average Bonchev–Trinajstić information content (AvgIpc) is 3.43. The second-order valence-electron chi connectivity index (χ2n) is 7.89. The number of rotatable bonds is 8. The molecule has 11 heteroatoms. The predicted octanol–water partition coefficient (Wildman–Crippen LogP) is 3.83. The molecule has 182 valence electrons. The van der Waals surface area contributed by atoms with Crippen molar-refractivity contribution in [3.05, 3.63) is 40.4 Å². The summed E-state index contributed by atoms with van der Waals surface area (Å²) in [6.45, 7) is 7.75. The van der Waals surface area contributed by atoms with E-state index in [4.69, 9.17) is 26.1 Å². The van der Waals surface area contributed by atoms with Gasteiger partial charge in [0, 0.05) is 19.7 Å². The lowest BCUT2D eigenvalue weighted by Gasteiger charge is -2.38. The Kier molecular flexibility index (Phi) is 7.70. The summed E-state index contributed by atoms with van der Waals surface area (Å²) in [7, 11) is 0. The highest BCUT2D eigenvalue weighted by molar-refractivity contribution is 7.22. The molecular formula is C23H28ClN5O4S. The minimum absolute atomic E-state index is 0.179. The van der Waals surface area contributed by atoms with E-state index in [-0.39, 0.29) is 29.8 Å². The maximum atomic E-state index is 12.8. The number of H-pyrrole nitrogens is 1. The van der Waals surface area contributed by atoms with Crippen molar-refractivity contribution >= 4 is 50.2 Å². The van der Waals surface area contributed by atoms with Crippen molar-refractivity contribution in [1.29, 1.82) is 0 Å². The first kappa shape index (κ1) is 24.4. The van der Waals surface area contributed by atoms with E-state index in [1.165, 1.54) is 11.3 Å². The highest BCUT2D eigenvalue weighted by Crippen LogP contribution is 2.33. The van der Waals surface area contributed by atoms with Gasteiger partial charge in [-0.05, 0) is 38.8 Å². The maximum Gasteiger partial charge on any atom is 0.339 e. The molecule has 0 saturated carbocycles. The quantitative estimate of drug-likeness (QED) is 0.448. The van der Waals surface area contributed by atoms with Gasteiger partial charge in [0.15, 0.2) is 16.1 Å². The van der Waals surface area contributed by atoms with E-state index in [0.717, 1.165) is 21.0 Å². The summed E-state index contributed by atoms with van der Waals surface area (Å²) in [4.78, 5) is 39.2. The van der Waals surface area contributed by atoms with Gasteiger partial charge in [-0.25, -0.2) is 14.8 Å². The molecule has 0 radical (unpaired) electrons. The fourth-order valence-corrected chi connectivity index (χ4v) is 5.41. The van der Waals surface area contributed by atoms with E-state index in [0.29, 0.717) is 49.9 Å². The molecule has 1 saturated heterocycles. The zero-order valence-corrected chi connectivity index (χ0v) is 21.0. The Morgan fingerprint density at radius 1 is 1.26 bits per heavy atom. The average molecular weight is 506 g/mol. The summed E-state index contributed by atoms with van der Waals surface area (Å²) in [5.41, 5.74) is 2.02. The van der Waals surface area contributed by atoms with Crippen LogP contribution in [-0.4, -0.2) is 65.3 Å². The second-order valence-corrected chi connectivity index (χ2v) is 9.22. The first-order valence-corrected chi connectivity index (χ1v) is 12.6. The van der Waals surface area contributed by atoms with Crippen LogP contribution in [0, 0.1) is 0 Å². The molecule has 2 atom stereocenters. The maximum absolute atomic E-state index is 12.8. The molecule has 0 aliphatic carbocycles. The molecule has 1 fully saturated rings. The van der Waals surface area contributed by atoms with Gasteiger partial charge in [0.1, 0.15) is 0 Å². The van der Waals surface area contributed by atoms with Gasteiger partial charge in [-0.1, -0.05) is 35.9 Å². The van der Waals surface area contributed by atoms with Crippen LogP contribution in [0.25, 0.3) is 10.2 Å². The Hall–Kier alpha value is -2.69. The number of amides is 1. The van der Waals surface area contributed by atoms with Crippen LogP contribution >= 0.6 is 22.9 Å². The number of carbonyl (C=O) groups excluding carboxylic acids is 2. The molecule has 3 heterocycles. The molecule has 0 unspecified atom stereocenters. The molecule has 1 aliphatic heterocycles. The molecule has 34 heavy (non-hydrogen) atoms. The summed E-state index contributed by atoms with van der Waals surface area (Å²) in [6, 6.07) is 5.29. The zero-order valence-electron chi connectivity index (χ0n) is 19.4. The third-order valence-electron chi connectivity index (χ3n) is 5.72. The van der Waals surface area contributed by atoms with Crippen molar-refractivity contribution < 1.29 is 19.1 Å². The minimum atomic E-state index is -0.346. The number of fused-ring (bicyclic) bond motifs is 1. The SMILES string of the molecule is CCOC(=O)c1cccc2nc(N3CC[C@@H](NC(=O)c4nc(Cl)c(CC)[nH]4)[C@@H](OCC)C3)sc12. The summed E-state index contributed by atoms with van der Waals surface area (Å²) in [5, 5.41) is 4.18. The number of esters is 1. The van der Waals surface area contributed by atoms with Crippen molar-refractivity contribution in [3.63, 3.8) is 0 Å². The first-order valence-electron chi connectivity index (χ1n) is 11.4. The Morgan fingerprint density at radius 2 is 2.09 bits per heavy atom. The van der Waals surface area contributed by atoms with Crippen molar-refractivity contribution in [3.8, 4) is 0 Å². The fraction of sp³-hybridized carbons (Fsp3) is 0.478. The molecule has 1 aliphatic rings. The van der Waals surface area contributed by atoms with E-state index in [1.54, 1.807) is 13.0 Å². The van der Waals surface area contributed by atoms with Gasteiger partial charge in [-0.3, -0.25) is 4.79 Å². The number of halogens is 1. The number of nitrogens with one attached hydrogen (secondary N) is 2. The van der Waals surface area contributed by atoms with Gasteiger partial charge < -0.3 is 24.7 Å². The Labute approximate surface area is 206 Å². The Balaban J connectivity index is 1.50. The van der Waals surface area contributed by atoms with E-state index in [9.17, 15) is 9.59 Å². The van der Waals surface area contributed by atoms with E-state index in [2.05, 4.69) is 20.2 Å². The van der Waals surface area contributed by atoms with Crippen LogP contribution < -0.4 is 10.2 Å². The number of aromatic nitrogens is 3. The van der Waals surface area contributed by atoms with E-state index < -0.39 is 0 Å². The molecule has 0 bridgehead atoms. The van der Waals surface area contributed by atoms with Gasteiger partial charge in [0.25, 0.3) is 5.91 Å². The lowest BCUT2D eigenvalue weighted by Crippen LogP contribution is -2.55. The standard InChI is InChI=1S/C23H28ClN5O4S/c1-4-14-19(24)28-20(25-14)21(30)26-15-10-11-29(12-17(15)32-5-2)23-27-16-9-7-8-13(18(16)34-23)22(31)33-6-3/h7-9,15,17H,4-6,10-12H2,1-3H3,(H,25,28)(H,26,30)/t15-,17+/m1/s1. The van der Waals surface area contributed by atoms with Crippen LogP contribution in [-0.2, 0) is 15.9 Å². The fourth-order valence-electron chi connectivity index (χ4n) is 4.05. The lowest BCUT2D eigenvalue weighted by atomic mass is 10.0. The van der Waals surface area contributed by atoms with Crippen molar-refractivity contribution in [2.24, 2.45) is 0 Å². The molecule has 9 nitrogen and oxygen atoms in total. The van der Waals surface area contributed by atoms with Crippen molar-refractivity contribution in [2.45, 2.75) is 45.8 Å². The van der Waals surface area contributed by atoms with Crippen LogP contribution in [0.1, 0.15) is 53.9 Å². The van der Waals surface area contributed by atoms with E-state index in [1.807, 2.05) is 26.0 Å². The van der Waals surface area contributed by atoms with Crippen molar-refractivity contribution in [2.75, 3.05) is 31.2 Å². The normalized spacial score (nSPS) is 18.3.